The van der Waals surface area contributed by atoms with Crippen LogP contribution in [0.1, 0.15) is 19.4 Å². The quantitative estimate of drug-likeness (QED) is 0.805. The zero-order valence-corrected chi connectivity index (χ0v) is 12.0. The maximum atomic E-state index is 11.4. The summed E-state index contributed by atoms with van der Waals surface area (Å²) < 4.78 is 24.4. The van der Waals surface area contributed by atoms with Crippen LogP contribution in [-0.4, -0.2) is 26.6 Å². The van der Waals surface area contributed by atoms with Crippen molar-refractivity contribution in [3.05, 3.63) is 35.9 Å². The van der Waals surface area contributed by atoms with E-state index in [1.807, 2.05) is 13.8 Å². The van der Waals surface area contributed by atoms with Crippen molar-refractivity contribution in [3.8, 4) is 0 Å². The minimum Gasteiger partial charge on any atom is -0.350 e. The van der Waals surface area contributed by atoms with Crippen molar-refractivity contribution in [2.24, 2.45) is 0 Å². The van der Waals surface area contributed by atoms with E-state index in [0.29, 0.717) is 5.69 Å². The molecule has 0 unspecified atom stereocenters. The molecule has 19 heavy (non-hydrogen) atoms. The van der Waals surface area contributed by atoms with Gasteiger partial charge in [-0.05, 0) is 37.6 Å². The molecule has 0 saturated heterocycles. The summed E-state index contributed by atoms with van der Waals surface area (Å²) in [4.78, 5) is 11.4. The van der Waals surface area contributed by atoms with Gasteiger partial charge < -0.3 is 5.32 Å². The van der Waals surface area contributed by atoms with Gasteiger partial charge in [0, 0.05) is 17.8 Å². The number of hydrogen-bond donors (Lipinski definition) is 2. The maximum Gasteiger partial charge on any atom is 0.244 e. The van der Waals surface area contributed by atoms with E-state index in [1.165, 1.54) is 6.08 Å². The van der Waals surface area contributed by atoms with Gasteiger partial charge >= 0.3 is 0 Å². The molecule has 0 aliphatic rings. The molecule has 0 radical (unpaired) electrons. The second-order valence-electron chi connectivity index (χ2n) is 4.49. The molecule has 5 nitrogen and oxygen atoms in total. The Labute approximate surface area is 113 Å². The van der Waals surface area contributed by atoms with E-state index in [9.17, 15) is 13.2 Å². The molecule has 1 aromatic rings. The minimum atomic E-state index is -3.26. The van der Waals surface area contributed by atoms with E-state index in [2.05, 4.69) is 10.0 Å². The summed E-state index contributed by atoms with van der Waals surface area (Å²) in [6, 6.07) is 6.83. The van der Waals surface area contributed by atoms with Gasteiger partial charge in [-0.3, -0.25) is 9.52 Å². The molecule has 0 saturated carbocycles. The molecule has 104 valence electrons. The summed E-state index contributed by atoms with van der Waals surface area (Å²) in [7, 11) is -3.26. The fraction of sp³-hybridized carbons (Fsp3) is 0.308. The average molecular weight is 282 g/mol. The zero-order chi connectivity index (χ0) is 14.5. The predicted molar refractivity (Wildman–Crippen MR) is 77.2 cm³/mol. The van der Waals surface area contributed by atoms with Gasteiger partial charge in [-0.1, -0.05) is 12.1 Å². The van der Waals surface area contributed by atoms with E-state index >= 15 is 0 Å². The molecule has 1 aromatic carbocycles. The van der Waals surface area contributed by atoms with Crippen molar-refractivity contribution in [2.75, 3.05) is 11.0 Å². The van der Waals surface area contributed by atoms with E-state index in [-0.39, 0.29) is 11.9 Å². The normalized spacial score (nSPS) is 11.8. The third-order valence-corrected chi connectivity index (χ3v) is 2.68. The Morgan fingerprint density at radius 2 is 1.79 bits per heavy atom. The topological polar surface area (TPSA) is 75.3 Å². The molecule has 0 spiro atoms. The summed E-state index contributed by atoms with van der Waals surface area (Å²) in [5, 5.41) is 2.74. The lowest BCUT2D eigenvalue weighted by Gasteiger charge is -2.05. The lowest BCUT2D eigenvalue weighted by molar-refractivity contribution is -0.116. The summed E-state index contributed by atoms with van der Waals surface area (Å²) in [6.07, 6.45) is 4.21. The van der Waals surface area contributed by atoms with E-state index < -0.39 is 10.0 Å². The smallest absolute Gasteiger partial charge is 0.244 e. The molecule has 2 N–H and O–H groups in total. The Bertz CT molecular complexity index is 560. The second kappa shape index (κ2) is 6.38. The Hall–Kier alpha value is -1.82. The summed E-state index contributed by atoms with van der Waals surface area (Å²) in [5.41, 5.74) is 1.31. The summed E-state index contributed by atoms with van der Waals surface area (Å²) in [5.74, 6) is -0.159. The third-order valence-electron chi connectivity index (χ3n) is 2.07. The Kier molecular flexibility index (Phi) is 5.11. The van der Waals surface area contributed by atoms with Crippen molar-refractivity contribution in [1.29, 1.82) is 0 Å². The van der Waals surface area contributed by atoms with E-state index in [4.69, 9.17) is 0 Å². The zero-order valence-electron chi connectivity index (χ0n) is 11.2. The first-order chi connectivity index (χ1) is 8.76. The number of hydrogen-bond acceptors (Lipinski definition) is 3. The highest BCUT2D eigenvalue weighted by molar-refractivity contribution is 7.92. The number of carbonyl (C=O) groups is 1. The van der Waals surface area contributed by atoms with Crippen LogP contribution in [0.15, 0.2) is 30.3 Å². The van der Waals surface area contributed by atoms with Crippen LogP contribution in [0, 0.1) is 0 Å². The number of benzene rings is 1. The lowest BCUT2D eigenvalue weighted by Crippen LogP contribution is -2.28. The number of carbonyl (C=O) groups excluding carboxylic acids is 1. The molecule has 0 heterocycles. The van der Waals surface area contributed by atoms with Crippen LogP contribution in [0.2, 0.25) is 0 Å². The molecule has 0 atom stereocenters. The van der Waals surface area contributed by atoms with Gasteiger partial charge in [-0.25, -0.2) is 8.42 Å². The van der Waals surface area contributed by atoms with Crippen molar-refractivity contribution in [2.45, 2.75) is 19.9 Å². The molecule has 0 aliphatic carbocycles. The minimum absolute atomic E-state index is 0.0958. The number of amides is 1. The van der Waals surface area contributed by atoms with Crippen LogP contribution in [0.3, 0.4) is 0 Å². The molecule has 0 aromatic heterocycles. The van der Waals surface area contributed by atoms with Crippen LogP contribution in [0.5, 0.6) is 0 Å². The molecule has 0 aliphatic heterocycles. The van der Waals surface area contributed by atoms with Gasteiger partial charge in [-0.15, -0.1) is 0 Å². The molecular weight excluding hydrogens is 264 g/mol. The molecule has 0 fully saturated rings. The molecule has 1 rings (SSSR count). The number of sulfonamides is 1. The molecule has 6 heteroatoms. The average Bonchev–Trinajstić information content (AvgIpc) is 2.25. The monoisotopic (exact) mass is 282 g/mol. The van der Waals surface area contributed by atoms with E-state index in [0.717, 1.165) is 11.8 Å². The summed E-state index contributed by atoms with van der Waals surface area (Å²) in [6.45, 7) is 3.77. The number of rotatable bonds is 5. The lowest BCUT2D eigenvalue weighted by atomic mass is 10.2. The van der Waals surface area contributed by atoms with Gasteiger partial charge in [0.05, 0.1) is 6.26 Å². The SMILES string of the molecule is CC(C)NC(=O)/C=C/c1ccc(NS(C)(=O)=O)cc1. The Morgan fingerprint density at radius 1 is 1.21 bits per heavy atom. The first kappa shape index (κ1) is 15.2. The maximum absolute atomic E-state index is 11.4. The number of nitrogens with one attached hydrogen (secondary N) is 2. The van der Waals surface area contributed by atoms with E-state index in [1.54, 1.807) is 30.3 Å². The highest BCUT2D eigenvalue weighted by Gasteiger charge is 2.01. The van der Waals surface area contributed by atoms with Gasteiger partial charge in [0.15, 0.2) is 0 Å². The second-order valence-corrected chi connectivity index (χ2v) is 6.24. The molecular formula is C13H18N2O3S. The first-order valence-electron chi connectivity index (χ1n) is 5.83. The Morgan fingerprint density at radius 3 is 2.26 bits per heavy atom. The van der Waals surface area contributed by atoms with Crippen LogP contribution >= 0.6 is 0 Å². The van der Waals surface area contributed by atoms with Crippen LogP contribution < -0.4 is 10.0 Å². The largest absolute Gasteiger partial charge is 0.350 e. The fourth-order valence-electron chi connectivity index (χ4n) is 1.38. The highest BCUT2D eigenvalue weighted by atomic mass is 32.2. The van der Waals surface area contributed by atoms with Gasteiger partial charge in [0.25, 0.3) is 0 Å². The van der Waals surface area contributed by atoms with Gasteiger partial charge in [0.1, 0.15) is 0 Å². The van der Waals surface area contributed by atoms with Crippen LogP contribution in [0.25, 0.3) is 6.08 Å². The Balaban J connectivity index is 2.67. The van der Waals surface area contributed by atoms with Crippen LogP contribution in [-0.2, 0) is 14.8 Å². The van der Waals surface area contributed by atoms with Gasteiger partial charge in [-0.2, -0.15) is 0 Å². The summed E-state index contributed by atoms with van der Waals surface area (Å²) >= 11 is 0. The predicted octanol–water partition coefficient (Wildman–Crippen LogP) is 1.60. The van der Waals surface area contributed by atoms with Crippen molar-refractivity contribution in [3.63, 3.8) is 0 Å². The highest BCUT2D eigenvalue weighted by Crippen LogP contribution is 2.11. The van der Waals surface area contributed by atoms with Crippen molar-refractivity contribution in [1.82, 2.24) is 5.32 Å². The standard InChI is InChI=1S/C13H18N2O3S/c1-10(2)14-13(16)9-6-11-4-7-12(8-5-11)15-19(3,17)18/h4-10,15H,1-3H3,(H,14,16)/b9-6+. The van der Waals surface area contributed by atoms with Gasteiger partial charge in [0.2, 0.25) is 15.9 Å². The molecule has 1 amide bonds. The van der Waals surface area contributed by atoms with Crippen molar-refractivity contribution >= 4 is 27.7 Å². The van der Waals surface area contributed by atoms with Crippen molar-refractivity contribution < 1.29 is 13.2 Å². The third kappa shape index (κ3) is 6.61. The number of anilines is 1. The fourth-order valence-corrected chi connectivity index (χ4v) is 1.95. The first-order valence-corrected chi connectivity index (χ1v) is 7.72. The van der Waals surface area contributed by atoms with Crippen LogP contribution in [0.4, 0.5) is 5.69 Å². The molecule has 0 bridgehead atoms.